The van der Waals surface area contributed by atoms with E-state index in [4.69, 9.17) is 0 Å². The number of carbonyl (C=O) groups excluding carboxylic acids is 1. The SMILES string of the molecule is C=CCN(CC)C(=O)c1c(F)cccc1Br. The first-order chi connectivity index (χ1) is 7.61. The molecule has 0 atom stereocenters. The van der Waals surface area contributed by atoms with E-state index in [-0.39, 0.29) is 11.5 Å². The second-order valence-electron chi connectivity index (χ2n) is 3.23. The molecule has 0 saturated heterocycles. The lowest BCUT2D eigenvalue weighted by molar-refractivity contribution is 0.0776. The summed E-state index contributed by atoms with van der Waals surface area (Å²) in [5, 5.41) is 0. The van der Waals surface area contributed by atoms with Crippen molar-refractivity contribution >= 4 is 21.8 Å². The van der Waals surface area contributed by atoms with Crippen molar-refractivity contribution < 1.29 is 9.18 Å². The van der Waals surface area contributed by atoms with Crippen LogP contribution >= 0.6 is 15.9 Å². The van der Waals surface area contributed by atoms with Crippen LogP contribution in [0, 0.1) is 5.82 Å². The highest BCUT2D eigenvalue weighted by molar-refractivity contribution is 9.10. The molecule has 1 amide bonds. The zero-order valence-electron chi connectivity index (χ0n) is 9.04. The van der Waals surface area contributed by atoms with Crippen molar-refractivity contribution in [2.24, 2.45) is 0 Å². The molecule has 0 heterocycles. The van der Waals surface area contributed by atoms with E-state index in [1.807, 2.05) is 6.92 Å². The van der Waals surface area contributed by atoms with E-state index in [2.05, 4.69) is 22.5 Å². The summed E-state index contributed by atoms with van der Waals surface area (Å²) in [7, 11) is 0. The van der Waals surface area contributed by atoms with E-state index in [1.54, 1.807) is 18.2 Å². The summed E-state index contributed by atoms with van der Waals surface area (Å²) < 4.78 is 14.0. The maximum absolute atomic E-state index is 13.5. The number of amides is 1. The van der Waals surface area contributed by atoms with Crippen molar-refractivity contribution in [2.45, 2.75) is 6.92 Å². The molecule has 1 aromatic rings. The lowest BCUT2D eigenvalue weighted by Crippen LogP contribution is -2.31. The molecule has 0 saturated carbocycles. The average molecular weight is 286 g/mol. The average Bonchev–Trinajstić information content (AvgIpc) is 2.25. The predicted octanol–water partition coefficient (Wildman–Crippen LogP) is 3.24. The zero-order chi connectivity index (χ0) is 12.1. The Hall–Kier alpha value is -1.16. The number of rotatable bonds is 4. The van der Waals surface area contributed by atoms with Crippen LogP contribution in [0.3, 0.4) is 0 Å². The van der Waals surface area contributed by atoms with Crippen LogP contribution in [0.1, 0.15) is 17.3 Å². The fourth-order valence-electron chi connectivity index (χ4n) is 1.37. The van der Waals surface area contributed by atoms with Crippen molar-refractivity contribution in [3.05, 3.63) is 46.7 Å². The number of halogens is 2. The molecule has 0 spiro atoms. The monoisotopic (exact) mass is 285 g/mol. The maximum Gasteiger partial charge on any atom is 0.258 e. The number of likely N-dealkylation sites (N-methyl/N-ethyl adjacent to an activating group) is 1. The van der Waals surface area contributed by atoms with Gasteiger partial charge in [-0.2, -0.15) is 0 Å². The molecule has 0 aliphatic rings. The minimum absolute atomic E-state index is 0.0752. The van der Waals surface area contributed by atoms with Gasteiger partial charge >= 0.3 is 0 Å². The number of nitrogens with zero attached hydrogens (tertiary/aromatic N) is 1. The first-order valence-corrected chi connectivity index (χ1v) is 5.75. The molecule has 0 fully saturated rings. The van der Waals surface area contributed by atoms with E-state index in [0.717, 1.165) is 0 Å². The van der Waals surface area contributed by atoms with Gasteiger partial charge in [-0.15, -0.1) is 6.58 Å². The Labute approximate surface area is 103 Å². The van der Waals surface area contributed by atoms with E-state index in [1.165, 1.54) is 11.0 Å². The van der Waals surface area contributed by atoms with E-state index >= 15 is 0 Å². The summed E-state index contributed by atoms with van der Waals surface area (Å²) in [4.78, 5) is 13.5. The number of hydrogen-bond donors (Lipinski definition) is 0. The Bertz CT molecular complexity index is 386. The molecule has 0 aliphatic heterocycles. The lowest BCUT2D eigenvalue weighted by atomic mass is 10.2. The highest BCUT2D eigenvalue weighted by Gasteiger charge is 2.19. The fraction of sp³-hybridized carbons (Fsp3) is 0.250. The minimum atomic E-state index is -0.512. The molecule has 0 unspecified atom stereocenters. The van der Waals surface area contributed by atoms with Crippen LogP contribution in [-0.2, 0) is 0 Å². The molecule has 0 aliphatic carbocycles. The Morgan fingerprint density at radius 3 is 2.81 bits per heavy atom. The maximum atomic E-state index is 13.5. The van der Waals surface area contributed by atoms with Crippen LogP contribution in [0.5, 0.6) is 0 Å². The van der Waals surface area contributed by atoms with E-state index < -0.39 is 5.82 Å². The smallest absolute Gasteiger partial charge is 0.258 e. The highest BCUT2D eigenvalue weighted by Crippen LogP contribution is 2.21. The van der Waals surface area contributed by atoms with Crippen LogP contribution in [0.4, 0.5) is 4.39 Å². The Morgan fingerprint density at radius 1 is 1.62 bits per heavy atom. The molecule has 86 valence electrons. The quantitative estimate of drug-likeness (QED) is 0.778. The van der Waals surface area contributed by atoms with Crippen LogP contribution in [-0.4, -0.2) is 23.9 Å². The van der Waals surface area contributed by atoms with Crippen LogP contribution in [0.2, 0.25) is 0 Å². The topological polar surface area (TPSA) is 20.3 Å². The van der Waals surface area contributed by atoms with Gasteiger partial charge in [0.1, 0.15) is 5.82 Å². The summed E-state index contributed by atoms with van der Waals surface area (Å²) in [5.74, 6) is -0.839. The predicted molar refractivity (Wildman–Crippen MR) is 65.9 cm³/mol. The standard InChI is InChI=1S/C12H13BrFNO/c1-3-8-15(4-2)12(16)11-9(13)6-5-7-10(11)14/h3,5-7H,1,4,8H2,2H3. The van der Waals surface area contributed by atoms with Gasteiger partial charge in [0, 0.05) is 17.6 Å². The van der Waals surface area contributed by atoms with Crippen LogP contribution in [0.15, 0.2) is 35.3 Å². The number of hydrogen-bond acceptors (Lipinski definition) is 1. The third-order valence-electron chi connectivity index (χ3n) is 2.20. The van der Waals surface area contributed by atoms with Gasteiger partial charge in [0.25, 0.3) is 5.91 Å². The molecule has 16 heavy (non-hydrogen) atoms. The molecule has 0 bridgehead atoms. The van der Waals surface area contributed by atoms with Gasteiger partial charge in [0.15, 0.2) is 0 Å². The lowest BCUT2D eigenvalue weighted by Gasteiger charge is -2.19. The first kappa shape index (κ1) is 12.9. The molecule has 0 radical (unpaired) electrons. The Balaban J connectivity index is 3.07. The van der Waals surface area contributed by atoms with Gasteiger partial charge in [-0.05, 0) is 35.0 Å². The molecule has 0 aromatic heterocycles. The zero-order valence-corrected chi connectivity index (χ0v) is 10.6. The van der Waals surface area contributed by atoms with Crippen LogP contribution < -0.4 is 0 Å². The minimum Gasteiger partial charge on any atom is -0.335 e. The molecule has 2 nitrogen and oxygen atoms in total. The first-order valence-electron chi connectivity index (χ1n) is 4.96. The van der Waals surface area contributed by atoms with Gasteiger partial charge < -0.3 is 4.90 Å². The van der Waals surface area contributed by atoms with Crippen molar-refractivity contribution in [2.75, 3.05) is 13.1 Å². The van der Waals surface area contributed by atoms with E-state index in [9.17, 15) is 9.18 Å². The van der Waals surface area contributed by atoms with Gasteiger partial charge in [-0.1, -0.05) is 12.1 Å². The molecule has 0 N–H and O–H groups in total. The summed E-state index contributed by atoms with van der Waals surface area (Å²) in [6.07, 6.45) is 1.62. The molecular weight excluding hydrogens is 273 g/mol. The largest absolute Gasteiger partial charge is 0.335 e. The molecule has 4 heteroatoms. The molecule has 1 rings (SSSR count). The van der Waals surface area contributed by atoms with Crippen molar-refractivity contribution in [1.29, 1.82) is 0 Å². The highest BCUT2D eigenvalue weighted by atomic mass is 79.9. The third kappa shape index (κ3) is 2.70. The summed E-state index contributed by atoms with van der Waals surface area (Å²) >= 11 is 3.18. The van der Waals surface area contributed by atoms with Crippen molar-refractivity contribution in [3.63, 3.8) is 0 Å². The van der Waals surface area contributed by atoms with Gasteiger partial charge in [0.05, 0.1) is 5.56 Å². The Morgan fingerprint density at radius 2 is 2.31 bits per heavy atom. The summed E-state index contributed by atoms with van der Waals surface area (Å²) in [5.41, 5.74) is 0.0752. The van der Waals surface area contributed by atoms with Crippen molar-refractivity contribution in [3.8, 4) is 0 Å². The molecular formula is C12H13BrFNO. The number of benzene rings is 1. The van der Waals surface area contributed by atoms with Crippen LogP contribution in [0.25, 0.3) is 0 Å². The van der Waals surface area contributed by atoms with Crippen molar-refractivity contribution in [1.82, 2.24) is 4.90 Å². The molecule has 1 aromatic carbocycles. The summed E-state index contributed by atoms with van der Waals surface area (Å²) in [6, 6.07) is 4.48. The Kier molecular flexibility index (Phi) is 4.68. The fourth-order valence-corrected chi connectivity index (χ4v) is 1.88. The van der Waals surface area contributed by atoms with Gasteiger partial charge in [-0.3, -0.25) is 4.79 Å². The van der Waals surface area contributed by atoms with E-state index in [0.29, 0.717) is 17.6 Å². The second-order valence-corrected chi connectivity index (χ2v) is 4.08. The second kappa shape index (κ2) is 5.80. The normalized spacial score (nSPS) is 9.94. The number of carbonyl (C=O) groups is 1. The van der Waals surface area contributed by atoms with Gasteiger partial charge in [-0.25, -0.2) is 4.39 Å². The third-order valence-corrected chi connectivity index (χ3v) is 2.86. The van der Waals surface area contributed by atoms with Gasteiger partial charge in [0.2, 0.25) is 0 Å². The summed E-state index contributed by atoms with van der Waals surface area (Å²) in [6.45, 7) is 6.35.